The molecule has 1 aliphatic heterocycles. The fourth-order valence-electron chi connectivity index (χ4n) is 5.11. The third-order valence-electron chi connectivity index (χ3n) is 7.52. The number of hydrogen-bond donors (Lipinski definition) is 2. The Labute approximate surface area is 217 Å². The van der Waals surface area contributed by atoms with Crippen LogP contribution < -0.4 is 15.8 Å². The van der Waals surface area contributed by atoms with E-state index in [-0.39, 0.29) is 0 Å². The molecule has 2 aromatic carbocycles. The van der Waals surface area contributed by atoms with E-state index in [9.17, 15) is 0 Å². The van der Waals surface area contributed by atoms with E-state index in [1.54, 1.807) is 0 Å². The van der Waals surface area contributed by atoms with Crippen LogP contribution in [0.25, 0.3) is 22.3 Å². The molecular formula is C30H34N6O. The third kappa shape index (κ3) is 5.09. The normalized spacial score (nSPS) is 17.1. The zero-order chi connectivity index (χ0) is 25.2. The lowest BCUT2D eigenvalue weighted by Gasteiger charge is -2.26. The number of nitrogens with zero attached hydrogens (tertiary/aromatic N) is 4. The van der Waals surface area contributed by atoms with Gasteiger partial charge in [0.1, 0.15) is 5.82 Å². The third-order valence-corrected chi connectivity index (χ3v) is 7.52. The van der Waals surface area contributed by atoms with Crippen LogP contribution in [0.2, 0.25) is 0 Å². The summed E-state index contributed by atoms with van der Waals surface area (Å²) in [5, 5.41) is 3.66. The van der Waals surface area contributed by atoms with Crippen molar-refractivity contribution in [3.63, 3.8) is 0 Å². The lowest BCUT2D eigenvalue weighted by Crippen LogP contribution is -2.34. The molecule has 0 spiro atoms. The highest BCUT2D eigenvalue weighted by Crippen LogP contribution is 2.29. The van der Waals surface area contributed by atoms with E-state index in [0.29, 0.717) is 42.2 Å². The molecule has 3 heterocycles. The largest absolute Gasteiger partial charge is 0.463 e. The van der Waals surface area contributed by atoms with Gasteiger partial charge in [-0.2, -0.15) is 9.97 Å². The van der Waals surface area contributed by atoms with Crippen molar-refractivity contribution in [3.05, 3.63) is 77.1 Å². The maximum absolute atomic E-state index is 6.21. The van der Waals surface area contributed by atoms with Gasteiger partial charge in [-0.25, -0.2) is 4.98 Å². The molecule has 7 nitrogen and oxygen atoms in total. The number of aryl methyl sites for hydroxylation is 1. The molecule has 0 unspecified atom stereocenters. The molecule has 1 fully saturated rings. The van der Waals surface area contributed by atoms with Crippen LogP contribution in [0, 0.1) is 6.92 Å². The number of fused-ring (bicyclic) bond motifs is 3. The highest BCUT2D eigenvalue weighted by atomic mass is 16.5. The summed E-state index contributed by atoms with van der Waals surface area (Å²) in [5.41, 5.74) is 13.9. The molecular weight excluding hydrogens is 460 g/mol. The van der Waals surface area contributed by atoms with E-state index in [4.69, 9.17) is 10.5 Å². The maximum atomic E-state index is 6.21. The molecule has 0 radical (unpaired) electrons. The number of hydrogen-bond acceptors (Lipinski definition) is 6. The average Bonchev–Trinajstić information content (AvgIpc) is 3.18. The number of imidazole rings is 1. The van der Waals surface area contributed by atoms with Crippen molar-refractivity contribution >= 4 is 17.0 Å². The van der Waals surface area contributed by atoms with Gasteiger partial charge in [0.05, 0.1) is 13.2 Å². The highest BCUT2D eigenvalue weighted by Gasteiger charge is 2.17. The van der Waals surface area contributed by atoms with E-state index in [0.717, 1.165) is 31.6 Å². The summed E-state index contributed by atoms with van der Waals surface area (Å²) in [5.74, 6) is 1.21. The number of rotatable bonds is 4. The maximum Gasteiger partial charge on any atom is 0.320 e. The van der Waals surface area contributed by atoms with Crippen molar-refractivity contribution in [2.45, 2.75) is 64.6 Å². The van der Waals surface area contributed by atoms with Gasteiger partial charge >= 0.3 is 6.01 Å². The molecule has 3 N–H and O–H groups in total. The van der Waals surface area contributed by atoms with Crippen LogP contribution in [0.1, 0.15) is 54.6 Å². The van der Waals surface area contributed by atoms with Gasteiger partial charge in [-0.05, 0) is 66.8 Å². The van der Waals surface area contributed by atoms with Gasteiger partial charge < -0.3 is 20.4 Å². The Morgan fingerprint density at radius 2 is 1.89 bits per heavy atom. The monoisotopic (exact) mass is 494 g/mol. The summed E-state index contributed by atoms with van der Waals surface area (Å²) < 4.78 is 7.92. The second-order valence-corrected chi connectivity index (χ2v) is 10.2. The summed E-state index contributed by atoms with van der Waals surface area (Å²) in [6.45, 7) is 4.12. The summed E-state index contributed by atoms with van der Waals surface area (Å²) in [7, 11) is 0. The Kier molecular flexibility index (Phi) is 6.62. The Morgan fingerprint density at radius 1 is 1.03 bits per heavy atom. The molecule has 1 aliphatic carbocycles. The molecule has 6 rings (SSSR count). The van der Waals surface area contributed by atoms with Gasteiger partial charge in [-0.15, -0.1) is 0 Å². The first kappa shape index (κ1) is 23.7. The quantitative estimate of drug-likeness (QED) is 0.372. The molecule has 7 heteroatoms. The number of allylic oxidation sites excluding steroid dienone is 2. The minimum atomic E-state index is 0.312. The first-order valence-electron chi connectivity index (χ1n) is 13.4. The Balaban J connectivity index is 1.33. The van der Waals surface area contributed by atoms with E-state index >= 15 is 0 Å². The molecule has 0 amide bonds. The Bertz CT molecular complexity index is 1430. The molecule has 2 aromatic heterocycles. The van der Waals surface area contributed by atoms with Crippen LogP contribution in [0.4, 0.5) is 5.82 Å². The fraction of sp³-hybridized carbons (Fsp3) is 0.367. The summed E-state index contributed by atoms with van der Waals surface area (Å²) >= 11 is 0. The van der Waals surface area contributed by atoms with Crippen LogP contribution in [0.3, 0.4) is 0 Å². The first-order chi connectivity index (χ1) is 18.1. The molecule has 0 atom stereocenters. The average molecular weight is 495 g/mol. The zero-order valence-corrected chi connectivity index (χ0v) is 21.4. The molecule has 0 saturated heterocycles. The first-order valence-corrected chi connectivity index (χ1v) is 13.4. The van der Waals surface area contributed by atoms with E-state index in [1.807, 2.05) is 6.92 Å². The van der Waals surface area contributed by atoms with Crippen molar-refractivity contribution in [1.82, 2.24) is 24.8 Å². The highest BCUT2D eigenvalue weighted by molar-refractivity contribution is 5.82. The molecule has 37 heavy (non-hydrogen) atoms. The number of aromatic nitrogens is 4. The van der Waals surface area contributed by atoms with Gasteiger partial charge in [-0.3, -0.25) is 0 Å². The van der Waals surface area contributed by atoms with Crippen LogP contribution in [-0.2, 0) is 19.5 Å². The number of benzene rings is 2. The second-order valence-electron chi connectivity index (χ2n) is 10.2. The molecule has 190 valence electrons. The molecule has 2 aliphatic rings. The van der Waals surface area contributed by atoms with Gasteiger partial charge in [0.2, 0.25) is 0 Å². The van der Waals surface area contributed by atoms with Crippen molar-refractivity contribution in [2.24, 2.45) is 0 Å². The minimum absolute atomic E-state index is 0.312. The van der Waals surface area contributed by atoms with Crippen LogP contribution in [0.15, 0.2) is 54.6 Å². The van der Waals surface area contributed by atoms with Gasteiger partial charge in [0, 0.05) is 12.6 Å². The summed E-state index contributed by atoms with van der Waals surface area (Å²) in [6.07, 6.45) is 11.2. The van der Waals surface area contributed by atoms with E-state index < -0.39 is 0 Å². The Morgan fingerprint density at radius 3 is 2.70 bits per heavy atom. The van der Waals surface area contributed by atoms with Crippen LogP contribution >= 0.6 is 0 Å². The fourth-order valence-corrected chi connectivity index (χ4v) is 5.11. The van der Waals surface area contributed by atoms with Gasteiger partial charge in [-0.1, -0.05) is 61.0 Å². The van der Waals surface area contributed by atoms with Crippen molar-refractivity contribution in [2.75, 3.05) is 12.3 Å². The van der Waals surface area contributed by atoms with Gasteiger partial charge in [0.25, 0.3) is 0 Å². The summed E-state index contributed by atoms with van der Waals surface area (Å²) in [6, 6.07) is 16.8. The zero-order valence-electron chi connectivity index (χ0n) is 21.4. The van der Waals surface area contributed by atoms with Crippen LogP contribution in [-0.4, -0.2) is 32.2 Å². The lowest BCUT2D eigenvalue weighted by atomic mass is 9.92. The van der Waals surface area contributed by atoms with E-state index in [1.165, 1.54) is 47.1 Å². The van der Waals surface area contributed by atoms with Crippen molar-refractivity contribution < 1.29 is 4.74 Å². The predicted molar refractivity (Wildman–Crippen MR) is 148 cm³/mol. The predicted octanol–water partition coefficient (Wildman–Crippen LogP) is 5.35. The van der Waals surface area contributed by atoms with Gasteiger partial charge in [0.15, 0.2) is 17.0 Å². The number of ether oxygens (including phenoxy) is 1. The number of anilines is 1. The number of nitrogens with one attached hydrogen (secondary N) is 1. The molecule has 1 saturated carbocycles. The number of nitrogen functional groups attached to an aromatic ring is 1. The minimum Gasteiger partial charge on any atom is -0.463 e. The molecule has 4 bridgehead atoms. The molecule has 4 aromatic rings. The topological polar surface area (TPSA) is 90.9 Å². The van der Waals surface area contributed by atoms with Crippen molar-refractivity contribution in [3.8, 4) is 17.1 Å². The summed E-state index contributed by atoms with van der Waals surface area (Å²) in [4.78, 5) is 13.6. The smallest absolute Gasteiger partial charge is 0.320 e. The Hall–Kier alpha value is -3.71. The number of nitrogens with two attached hydrogens (primary N) is 1. The van der Waals surface area contributed by atoms with E-state index in [2.05, 4.69) is 79.5 Å². The standard InChI is InChI=1S/C30H34N6O/c1-20-33-27-28(31)34-30-35-29(27)36(20)19-22-12-15-26(24(17-22)7-4-2-3-5-16-37-30)23-13-10-21(11-14-23)18-32-25-8-6-9-25/h2,4,10-15,17,25,32H,3,5-9,16,18-19H2,1H3,(H2,31,34,35)/b4-2-. The van der Waals surface area contributed by atoms with Crippen LogP contribution in [0.5, 0.6) is 6.01 Å². The SMILES string of the molecule is Cc1nc2c(N)nc3nc2n1Cc1ccc(-c2ccc(CNC4CCC4)cc2)c(c1)C/C=C\CCCO3. The lowest BCUT2D eigenvalue weighted by molar-refractivity contribution is 0.289. The second kappa shape index (κ2) is 10.3. The van der Waals surface area contributed by atoms with Crippen molar-refractivity contribution in [1.29, 1.82) is 0 Å².